The van der Waals surface area contributed by atoms with E-state index in [2.05, 4.69) is 79.1 Å². The highest BCUT2D eigenvalue weighted by Gasteiger charge is 2.41. The van der Waals surface area contributed by atoms with Gasteiger partial charge in [-0.3, -0.25) is 19.4 Å². The Hall–Kier alpha value is -4.50. The first-order valence-electron chi connectivity index (χ1n) is 18.6. The van der Waals surface area contributed by atoms with E-state index in [0.717, 1.165) is 49.5 Å². The van der Waals surface area contributed by atoms with Gasteiger partial charge >= 0.3 is 0 Å². The van der Waals surface area contributed by atoms with Gasteiger partial charge in [-0.05, 0) is 114 Å². The molecule has 1 heterocycles. The number of carbonyl (C=O) groups excluding carboxylic acids is 2. The molecule has 2 unspecified atom stereocenters. The smallest absolute Gasteiger partial charge is 0.183 e. The number of carbonyl (C=O) groups is 2. The molecule has 4 aromatic rings. The third kappa shape index (κ3) is 9.74. The lowest BCUT2D eigenvalue weighted by atomic mass is 9.80. The van der Waals surface area contributed by atoms with E-state index in [4.69, 9.17) is 14.2 Å². The Labute approximate surface area is 317 Å². The second-order valence-corrected chi connectivity index (χ2v) is 14.3. The molecule has 0 radical (unpaired) electrons. The molecule has 5 rings (SSSR count). The molecule has 4 aromatic carbocycles. The fourth-order valence-electron chi connectivity index (χ4n) is 7.22. The normalized spacial score (nSPS) is 15.2. The molecule has 1 fully saturated rings. The summed E-state index contributed by atoms with van der Waals surface area (Å²) >= 11 is 0. The Bertz CT molecular complexity index is 1750. The average molecular weight is 722 g/mol. The number of ether oxygens (including phenoxy) is 3. The summed E-state index contributed by atoms with van der Waals surface area (Å²) in [5.41, 5.74) is 4.98. The number of morpholine rings is 1. The first-order valence-corrected chi connectivity index (χ1v) is 18.6. The van der Waals surface area contributed by atoms with E-state index in [0.29, 0.717) is 36.3 Å². The van der Waals surface area contributed by atoms with Crippen LogP contribution in [-0.2, 0) is 17.6 Å². The Balaban J connectivity index is 0.000000238. The van der Waals surface area contributed by atoms with Gasteiger partial charge in [-0.1, -0.05) is 74.0 Å². The van der Waals surface area contributed by atoms with Crippen LogP contribution < -0.4 is 14.4 Å². The third-order valence-corrected chi connectivity index (χ3v) is 10.8. The zero-order valence-electron chi connectivity index (χ0n) is 33.3. The Morgan fingerprint density at radius 2 is 1.15 bits per heavy atom. The maximum atomic E-state index is 13.6. The van der Waals surface area contributed by atoms with Gasteiger partial charge in [0.05, 0.1) is 38.5 Å². The summed E-state index contributed by atoms with van der Waals surface area (Å²) in [7, 11) is 11.1. The number of rotatable bonds is 15. The summed E-state index contributed by atoms with van der Waals surface area (Å²) in [6.45, 7) is 9.57. The van der Waals surface area contributed by atoms with Crippen molar-refractivity contribution in [3.05, 3.63) is 125 Å². The predicted octanol–water partition coefficient (Wildman–Crippen LogP) is 7.81. The minimum atomic E-state index is -0.610. The van der Waals surface area contributed by atoms with Crippen LogP contribution in [0.5, 0.6) is 11.5 Å². The third-order valence-electron chi connectivity index (χ3n) is 10.8. The van der Waals surface area contributed by atoms with Gasteiger partial charge in [-0.15, -0.1) is 0 Å². The maximum absolute atomic E-state index is 13.6. The number of benzene rings is 4. The Morgan fingerprint density at radius 3 is 1.64 bits per heavy atom. The van der Waals surface area contributed by atoms with Gasteiger partial charge in [0, 0.05) is 29.9 Å². The molecule has 0 spiro atoms. The van der Waals surface area contributed by atoms with Crippen molar-refractivity contribution in [3.63, 3.8) is 0 Å². The van der Waals surface area contributed by atoms with Crippen LogP contribution in [0, 0.1) is 6.92 Å². The molecule has 0 aromatic heterocycles. The molecule has 0 amide bonds. The number of hydrogen-bond donors (Lipinski definition) is 0. The highest BCUT2D eigenvalue weighted by Crippen LogP contribution is 2.33. The molecule has 1 aliphatic heterocycles. The summed E-state index contributed by atoms with van der Waals surface area (Å²) in [6, 6.07) is 32.1. The van der Waals surface area contributed by atoms with Crippen molar-refractivity contribution in [3.8, 4) is 11.5 Å². The zero-order valence-corrected chi connectivity index (χ0v) is 33.3. The zero-order chi connectivity index (χ0) is 38.6. The monoisotopic (exact) mass is 721 g/mol. The second-order valence-electron chi connectivity index (χ2n) is 14.3. The van der Waals surface area contributed by atoms with Crippen molar-refractivity contribution < 1.29 is 23.8 Å². The molecule has 0 saturated carbocycles. The van der Waals surface area contributed by atoms with E-state index in [-0.39, 0.29) is 11.6 Å². The fourth-order valence-corrected chi connectivity index (χ4v) is 7.22. The molecule has 0 aliphatic carbocycles. The van der Waals surface area contributed by atoms with Gasteiger partial charge in [0.2, 0.25) is 0 Å². The van der Waals surface area contributed by atoms with E-state index in [1.54, 1.807) is 26.4 Å². The van der Waals surface area contributed by atoms with E-state index in [9.17, 15) is 9.59 Å². The van der Waals surface area contributed by atoms with Gasteiger partial charge in [-0.25, -0.2) is 0 Å². The van der Waals surface area contributed by atoms with Crippen molar-refractivity contribution in [2.75, 3.05) is 73.6 Å². The Morgan fingerprint density at radius 1 is 0.660 bits per heavy atom. The molecule has 0 N–H and O–H groups in total. The van der Waals surface area contributed by atoms with Gasteiger partial charge in [-0.2, -0.15) is 0 Å². The van der Waals surface area contributed by atoms with Crippen molar-refractivity contribution in [1.82, 2.24) is 9.80 Å². The lowest BCUT2D eigenvalue weighted by Gasteiger charge is -2.38. The van der Waals surface area contributed by atoms with Crippen LogP contribution in [-0.4, -0.2) is 101 Å². The molecular weight excluding hydrogens is 663 g/mol. The molecule has 8 nitrogen and oxygen atoms in total. The molecule has 53 heavy (non-hydrogen) atoms. The van der Waals surface area contributed by atoms with Crippen LogP contribution >= 0.6 is 0 Å². The van der Waals surface area contributed by atoms with E-state index >= 15 is 0 Å². The number of nitrogens with zero attached hydrogens (tertiary/aromatic N) is 3. The number of ketones is 2. The molecular formula is C45H59N3O5. The number of methoxy groups -OCH3 is 2. The SMILES string of the molecule is CCC(Cc1ccc(C)cc1)(C(=O)c1ccc(N2CCOCC2)cc1)N(C)C.CCC(Cc1ccccc1)(C(=O)c1ccc(OC)c(OC)c1)N(C)C. The molecule has 1 aliphatic rings. The van der Waals surface area contributed by atoms with Gasteiger partial charge < -0.3 is 19.1 Å². The quantitative estimate of drug-likeness (QED) is 0.115. The van der Waals surface area contributed by atoms with Crippen LogP contribution in [0.15, 0.2) is 97.1 Å². The second kappa shape index (κ2) is 19.0. The Kier molecular flexibility index (Phi) is 14.8. The fraction of sp³-hybridized carbons (Fsp3) is 0.422. The highest BCUT2D eigenvalue weighted by atomic mass is 16.5. The summed E-state index contributed by atoms with van der Waals surface area (Å²) in [5.74, 6) is 1.46. The van der Waals surface area contributed by atoms with Crippen LogP contribution in [0.25, 0.3) is 0 Å². The number of likely N-dealkylation sites (N-methyl/N-ethyl adjacent to an activating group) is 2. The van der Waals surface area contributed by atoms with Gasteiger partial charge in [0.1, 0.15) is 0 Å². The summed E-state index contributed by atoms with van der Waals surface area (Å²) in [6.07, 6.45) is 2.84. The predicted molar refractivity (Wildman–Crippen MR) is 216 cm³/mol. The van der Waals surface area contributed by atoms with Crippen LogP contribution in [0.4, 0.5) is 5.69 Å². The van der Waals surface area contributed by atoms with Crippen molar-refractivity contribution >= 4 is 17.3 Å². The average Bonchev–Trinajstić information content (AvgIpc) is 3.19. The van der Waals surface area contributed by atoms with Gasteiger partial charge in [0.15, 0.2) is 23.1 Å². The first kappa shape index (κ1) is 41.3. The number of anilines is 1. The van der Waals surface area contributed by atoms with Crippen LogP contribution in [0.2, 0.25) is 0 Å². The van der Waals surface area contributed by atoms with Crippen LogP contribution in [0.3, 0.4) is 0 Å². The minimum absolute atomic E-state index is 0.0878. The number of Topliss-reactive ketones (excluding diaryl/α,β-unsaturated/α-hetero) is 2. The standard InChI is InChI=1S/C24H32N2O2.C21H27NO3/c1-5-24(25(3)4,18-20-8-6-19(2)7-9-20)23(27)21-10-12-22(13-11-21)26-14-16-28-17-15-26;1-6-21(22(2)3,15-16-10-8-7-9-11-16)20(23)17-12-13-18(24-4)19(14-17)25-5/h6-13H,5,14-18H2,1-4H3;7-14H,6,15H2,1-5H3. The van der Waals surface area contributed by atoms with E-state index in [1.165, 1.54) is 11.1 Å². The van der Waals surface area contributed by atoms with Crippen molar-refractivity contribution in [2.45, 2.75) is 57.5 Å². The first-order chi connectivity index (χ1) is 25.4. The number of hydrogen-bond acceptors (Lipinski definition) is 8. The van der Waals surface area contributed by atoms with Crippen molar-refractivity contribution in [2.24, 2.45) is 0 Å². The molecule has 1 saturated heterocycles. The maximum Gasteiger partial charge on any atom is 0.183 e. The van der Waals surface area contributed by atoms with E-state index in [1.807, 2.05) is 69.5 Å². The van der Waals surface area contributed by atoms with Crippen molar-refractivity contribution in [1.29, 1.82) is 0 Å². The molecule has 8 heteroatoms. The topological polar surface area (TPSA) is 71.5 Å². The summed E-state index contributed by atoms with van der Waals surface area (Å²) in [5, 5.41) is 0. The minimum Gasteiger partial charge on any atom is -0.493 e. The van der Waals surface area contributed by atoms with Gasteiger partial charge in [0.25, 0.3) is 0 Å². The highest BCUT2D eigenvalue weighted by molar-refractivity contribution is 6.04. The summed E-state index contributed by atoms with van der Waals surface area (Å²) < 4.78 is 16.1. The molecule has 0 bridgehead atoms. The molecule has 2 atom stereocenters. The lowest BCUT2D eigenvalue weighted by molar-refractivity contribution is 0.0661. The largest absolute Gasteiger partial charge is 0.493 e. The molecule has 284 valence electrons. The lowest BCUT2D eigenvalue weighted by Crippen LogP contribution is -2.52. The summed E-state index contributed by atoms with van der Waals surface area (Å²) in [4.78, 5) is 33.5. The number of aryl methyl sites for hydroxylation is 1. The van der Waals surface area contributed by atoms with Crippen LogP contribution in [0.1, 0.15) is 64.1 Å². The van der Waals surface area contributed by atoms with E-state index < -0.39 is 11.1 Å².